The van der Waals surface area contributed by atoms with Crippen molar-refractivity contribution in [1.29, 1.82) is 0 Å². The molecule has 0 aliphatic rings. The van der Waals surface area contributed by atoms with Crippen molar-refractivity contribution in [2.75, 3.05) is 0 Å². The lowest BCUT2D eigenvalue weighted by atomic mass is 9.79. The summed E-state index contributed by atoms with van der Waals surface area (Å²) in [6.45, 7) is 4.91. The van der Waals surface area contributed by atoms with E-state index in [1.165, 1.54) is 13.8 Å². The average Bonchev–Trinajstić information content (AvgIpc) is 2.66. The summed E-state index contributed by atoms with van der Waals surface area (Å²) in [7, 11) is 0. The Morgan fingerprint density at radius 2 is 1.41 bits per heavy atom. The SMILES string of the molecule is CCC(CC(C)(C)C(=O)Oc1c(F)c(F)c(F)c(F)c1F)c1ccccc1. The Balaban J connectivity index is 2.27. The molecule has 2 aromatic rings. The van der Waals surface area contributed by atoms with Gasteiger partial charge in [-0.05, 0) is 38.2 Å². The topological polar surface area (TPSA) is 26.3 Å². The van der Waals surface area contributed by atoms with Crippen molar-refractivity contribution in [2.24, 2.45) is 5.41 Å². The van der Waals surface area contributed by atoms with Crippen molar-refractivity contribution in [3.63, 3.8) is 0 Å². The van der Waals surface area contributed by atoms with Crippen LogP contribution in [0.4, 0.5) is 22.0 Å². The highest BCUT2D eigenvalue weighted by Crippen LogP contribution is 2.36. The maximum absolute atomic E-state index is 13.7. The average molecular weight is 386 g/mol. The first-order chi connectivity index (χ1) is 12.6. The minimum absolute atomic E-state index is 0.0508. The van der Waals surface area contributed by atoms with Crippen LogP contribution in [0.25, 0.3) is 0 Å². The van der Waals surface area contributed by atoms with E-state index in [0.29, 0.717) is 6.42 Å². The van der Waals surface area contributed by atoms with Gasteiger partial charge in [0.1, 0.15) is 0 Å². The Labute approximate surface area is 154 Å². The molecule has 27 heavy (non-hydrogen) atoms. The number of hydrogen-bond acceptors (Lipinski definition) is 2. The van der Waals surface area contributed by atoms with Gasteiger partial charge in [-0.25, -0.2) is 13.2 Å². The van der Waals surface area contributed by atoms with Crippen LogP contribution in [0.15, 0.2) is 30.3 Å². The van der Waals surface area contributed by atoms with Crippen LogP contribution in [0, 0.1) is 34.5 Å². The zero-order chi connectivity index (χ0) is 20.4. The van der Waals surface area contributed by atoms with Gasteiger partial charge in [-0.15, -0.1) is 0 Å². The molecule has 0 aliphatic carbocycles. The lowest BCUT2D eigenvalue weighted by Gasteiger charge is -2.27. The quantitative estimate of drug-likeness (QED) is 0.203. The predicted octanol–water partition coefficient (Wildman–Crippen LogP) is 5.90. The predicted molar refractivity (Wildman–Crippen MR) is 89.7 cm³/mol. The summed E-state index contributed by atoms with van der Waals surface area (Å²) in [5.41, 5.74) is -0.256. The second-order valence-electron chi connectivity index (χ2n) is 6.89. The van der Waals surface area contributed by atoms with Gasteiger partial charge in [-0.1, -0.05) is 37.3 Å². The molecule has 2 rings (SSSR count). The van der Waals surface area contributed by atoms with E-state index < -0.39 is 46.2 Å². The third-order valence-corrected chi connectivity index (χ3v) is 4.44. The molecule has 0 spiro atoms. The van der Waals surface area contributed by atoms with Gasteiger partial charge in [0, 0.05) is 0 Å². The molecule has 0 aromatic heterocycles. The summed E-state index contributed by atoms with van der Waals surface area (Å²) in [6.07, 6.45) is 0.949. The molecule has 146 valence electrons. The van der Waals surface area contributed by atoms with Crippen molar-refractivity contribution in [1.82, 2.24) is 0 Å². The van der Waals surface area contributed by atoms with Gasteiger partial charge in [0.25, 0.3) is 0 Å². The summed E-state index contributed by atoms with van der Waals surface area (Å²) < 4.78 is 71.8. The van der Waals surface area contributed by atoms with E-state index in [9.17, 15) is 26.7 Å². The van der Waals surface area contributed by atoms with Crippen molar-refractivity contribution >= 4 is 5.97 Å². The molecule has 0 fully saturated rings. The van der Waals surface area contributed by atoms with Crippen molar-refractivity contribution in [3.05, 3.63) is 65.0 Å². The molecule has 1 atom stereocenters. The largest absolute Gasteiger partial charge is 0.420 e. The number of halogens is 5. The third kappa shape index (κ3) is 4.28. The van der Waals surface area contributed by atoms with Crippen LogP contribution in [-0.2, 0) is 4.79 Å². The van der Waals surface area contributed by atoms with Gasteiger partial charge in [-0.3, -0.25) is 4.79 Å². The summed E-state index contributed by atoms with van der Waals surface area (Å²) in [4.78, 5) is 12.4. The van der Waals surface area contributed by atoms with E-state index in [0.717, 1.165) is 5.56 Å². The first kappa shape index (κ1) is 20.9. The molecule has 1 unspecified atom stereocenters. The van der Waals surface area contributed by atoms with E-state index in [-0.39, 0.29) is 12.3 Å². The second-order valence-corrected chi connectivity index (χ2v) is 6.89. The van der Waals surface area contributed by atoms with Crippen LogP contribution >= 0.6 is 0 Å². The van der Waals surface area contributed by atoms with Crippen molar-refractivity contribution < 1.29 is 31.5 Å². The zero-order valence-electron chi connectivity index (χ0n) is 15.1. The van der Waals surface area contributed by atoms with E-state index in [1.54, 1.807) is 0 Å². The molecule has 0 saturated heterocycles. The summed E-state index contributed by atoms with van der Waals surface area (Å²) in [5.74, 6) is -13.7. The molecule has 0 N–H and O–H groups in total. The Hall–Kier alpha value is -2.44. The normalized spacial score (nSPS) is 12.7. The zero-order valence-corrected chi connectivity index (χ0v) is 15.1. The molecular weight excluding hydrogens is 367 g/mol. The Morgan fingerprint density at radius 3 is 1.89 bits per heavy atom. The van der Waals surface area contributed by atoms with Crippen LogP contribution < -0.4 is 4.74 Å². The Bertz CT molecular complexity index is 805. The van der Waals surface area contributed by atoms with Crippen LogP contribution in [0.5, 0.6) is 5.75 Å². The fourth-order valence-corrected chi connectivity index (χ4v) is 2.83. The van der Waals surface area contributed by atoms with E-state index in [4.69, 9.17) is 0 Å². The Kier molecular flexibility index (Phi) is 6.23. The number of esters is 1. The van der Waals surface area contributed by atoms with Gasteiger partial charge in [0.2, 0.25) is 34.8 Å². The molecule has 0 heterocycles. The fourth-order valence-electron chi connectivity index (χ4n) is 2.83. The van der Waals surface area contributed by atoms with Crippen LogP contribution in [-0.4, -0.2) is 5.97 Å². The van der Waals surface area contributed by atoms with Gasteiger partial charge >= 0.3 is 5.97 Å². The van der Waals surface area contributed by atoms with Crippen molar-refractivity contribution in [2.45, 2.75) is 39.5 Å². The molecule has 0 radical (unpaired) electrons. The van der Waals surface area contributed by atoms with Gasteiger partial charge < -0.3 is 4.74 Å². The van der Waals surface area contributed by atoms with E-state index in [2.05, 4.69) is 4.74 Å². The van der Waals surface area contributed by atoms with Gasteiger partial charge in [-0.2, -0.15) is 8.78 Å². The number of benzene rings is 2. The lowest BCUT2D eigenvalue weighted by molar-refractivity contribution is -0.145. The minimum Gasteiger partial charge on any atom is -0.420 e. The molecule has 0 saturated carbocycles. The number of carbonyl (C=O) groups is 1. The fraction of sp³-hybridized carbons (Fsp3) is 0.350. The van der Waals surface area contributed by atoms with Crippen LogP contribution in [0.3, 0.4) is 0 Å². The molecule has 2 aromatic carbocycles. The maximum atomic E-state index is 13.7. The van der Waals surface area contributed by atoms with Gasteiger partial charge in [0.05, 0.1) is 5.41 Å². The minimum atomic E-state index is -2.31. The summed E-state index contributed by atoms with van der Waals surface area (Å²) in [6, 6.07) is 9.31. The maximum Gasteiger partial charge on any atom is 0.317 e. The highest BCUT2D eigenvalue weighted by Gasteiger charge is 2.36. The molecule has 0 amide bonds. The molecule has 0 bridgehead atoms. The second kappa shape index (κ2) is 8.06. The Morgan fingerprint density at radius 1 is 0.926 bits per heavy atom. The lowest BCUT2D eigenvalue weighted by Crippen LogP contribution is -2.31. The summed E-state index contributed by atoms with van der Waals surface area (Å²) >= 11 is 0. The highest BCUT2D eigenvalue weighted by atomic mass is 19.2. The smallest absolute Gasteiger partial charge is 0.317 e. The highest BCUT2D eigenvalue weighted by molar-refractivity contribution is 5.78. The standard InChI is InChI=1S/C20H19F5O2/c1-4-11(12-8-6-5-7-9-12)10-20(2,3)19(26)27-18-16(24)14(22)13(21)15(23)17(18)25/h5-9,11H,4,10H2,1-3H3. The number of carbonyl (C=O) groups excluding carboxylic acids is 1. The van der Waals surface area contributed by atoms with Crippen molar-refractivity contribution in [3.8, 4) is 5.75 Å². The number of ether oxygens (including phenoxy) is 1. The first-order valence-corrected chi connectivity index (χ1v) is 8.38. The molecular formula is C20H19F5O2. The molecule has 2 nitrogen and oxygen atoms in total. The van der Waals surface area contributed by atoms with Gasteiger partial charge in [0.15, 0.2) is 0 Å². The molecule has 0 aliphatic heterocycles. The summed E-state index contributed by atoms with van der Waals surface area (Å²) in [5, 5.41) is 0. The van der Waals surface area contributed by atoms with Crippen LogP contribution in [0.1, 0.15) is 45.1 Å². The van der Waals surface area contributed by atoms with Crippen LogP contribution in [0.2, 0.25) is 0 Å². The first-order valence-electron chi connectivity index (χ1n) is 8.38. The van der Waals surface area contributed by atoms with E-state index in [1.807, 2.05) is 37.3 Å². The number of hydrogen-bond donors (Lipinski definition) is 0. The number of rotatable bonds is 6. The molecule has 7 heteroatoms. The monoisotopic (exact) mass is 386 g/mol. The third-order valence-electron chi connectivity index (χ3n) is 4.44. The van der Waals surface area contributed by atoms with E-state index >= 15 is 0 Å².